The first-order valence-electron chi connectivity index (χ1n) is 4.66. The number of amides is 1. The quantitative estimate of drug-likeness (QED) is 0.662. The second kappa shape index (κ2) is 4.19. The maximum Gasteiger partial charge on any atom is 0.229 e. The van der Waals surface area contributed by atoms with Gasteiger partial charge in [-0.15, -0.1) is 0 Å². The molecule has 2 rings (SSSR count). The Morgan fingerprint density at radius 3 is 3.14 bits per heavy atom. The number of hydrogen-bond acceptors (Lipinski definition) is 3. The van der Waals surface area contributed by atoms with E-state index in [1.165, 1.54) is 0 Å². The van der Waals surface area contributed by atoms with Crippen molar-refractivity contribution < 1.29 is 9.53 Å². The zero-order valence-electron chi connectivity index (χ0n) is 7.85. The standard InChI is InChI=1S/C10H12N2O2/c13-10-3-6-14-7-5-12(10)9-2-1-4-11-8-9/h1-2,4,8H,3,5-7H2. The van der Waals surface area contributed by atoms with Gasteiger partial charge in [0.15, 0.2) is 0 Å². The Morgan fingerprint density at radius 1 is 1.43 bits per heavy atom. The molecule has 4 heteroatoms. The van der Waals surface area contributed by atoms with Crippen molar-refractivity contribution in [3.05, 3.63) is 24.5 Å². The molecular weight excluding hydrogens is 180 g/mol. The monoisotopic (exact) mass is 192 g/mol. The summed E-state index contributed by atoms with van der Waals surface area (Å²) in [7, 11) is 0. The molecule has 2 heterocycles. The number of carbonyl (C=O) groups is 1. The molecule has 1 aromatic rings. The SMILES string of the molecule is O=C1CCOCCN1c1cccnc1. The third-order valence-corrected chi connectivity index (χ3v) is 2.18. The smallest absolute Gasteiger partial charge is 0.229 e. The molecule has 1 saturated heterocycles. The van der Waals surface area contributed by atoms with Gasteiger partial charge in [-0.05, 0) is 12.1 Å². The van der Waals surface area contributed by atoms with E-state index >= 15 is 0 Å². The van der Waals surface area contributed by atoms with Crippen LogP contribution in [-0.4, -0.2) is 30.6 Å². The number of ether oxygens (including phenoxy) is 1. The van der Waals surface area contributed by atoms with E-state index < -0.39 is 0 Å². The lowest BCUT2D eigenvalue weighted by Gasteiger charge is -2.18. The molecule has 0 aromatic carbocycles. The summed E-state index contributed by atoms with van der Waals surface area (Å²) in [6, 6.07) is 3.71. The molecule has 0 N–H and O–H groups in total. The molecule has 0 radical (unpaired) electrons. The van der Waals surface area contributed by atoms with Gasteiger partial charge in [0.25, 0.3) is 0 Å². The van der Waals surface area contributed by atoms with Crippen LogP contribution in [0.15, 0.2) is 24.5 Å². The number of hydrogen-bond donors (Lipinski definition) is 0. The van der Waals surface area contributed by atoms with Crippen LogP contribution in [0, 0.1) is 0 Å². The van der Waals surface area contributed by atoms with E-state index in [-0.39, 0.29) is 5.91 Å². The van der Waals surface area contributed by atoms with Gasteiger partial charge in [0.05, 0.1) is 31.5 Å². The summed E-state index contributed by atoms with van der Waals surface area (Å²) < 4.78 is 5.23. The van der Waals surface area contributed by atoms with Crippen LogP contribution >= 0.6 is 0 Å². The van der Waals surface area contributed by atoms with Gasteiger partial charge >= 0.3 is 0 Å². The van der Waals surface area contributed by atoms with Gasteiger partial charge < -0.3 is 9.64 Å². The van der Waals surface area contributed by atoms with Gasteiger partial charge in [0.2, 0.25) is 5.91 Å². The van der Waals surface area contributed by atoms with Crippen LogP contribution in [0.4, 0.5) is 5.69 Å². The Balaban J connectivity index is 2.19. The molecule has 0 spiro atoms. The van der Waals surface area contributed by atoms with Crippen molar-refractivity contribution in [1.29, 1.82) is 0 Å². The predicted molar refractivity (Wildman–Crippen MR) is 52.0 cm³/mol. The number of rotatable bonds is 1. The second-order valence-corrected chi connectivity index (χ2v) is 3.12. The van der Waals surface area contributed by atoms with Crippen molar-refractivity contribution in [2.75, 3.05) is 24.7 Å². The van der Waals surface area contributed by atoms with E-state index in [2.05, 4.69) is 4.98 Å². The summed E-state index contributed by atoms with van der Waals surface area (Å²) in [5.74, 6) is 0.107. The van der Waals surface area contributed by atoms with E-state index in [1.807, 2.05) is 12.1 Å². The van der Waals surface area contributed by atoms with E-state index in [0.717, 1.165) is 5.69 Å². The van der Waals surface area contributed by atoms with Gasteiger partial charge in [-0.1, -0.05) is 0 Å². The highest BCUT2D eigenvalue weighted by molar-refractivity contribution is 5.93. The topological polar surface area (TPSA) is 42.4 Å². The fourth-order valence-electron chi connectivity index (χ4n) is 1.46. The first-order valence-corrected chi connectivity index (χ1v) is 4.66. The number of anilines is 1. The molecule has 1 fully saturated rings. The number of pyridine rings is 1. The number of aromatic nitrogens is 1. The average Bonchev–Trinajstić information content (AvgIpc) is 2.44. The highest BCUT2D eigenvalue weighted by atomic mass is 16.5. The Labute approximate surface area is 82.5 Å². The lowest BCUT2D eigenvalue weighted by molar-refractivity contribution is -0.118. The summed E-state index contributed by atoms with van der Waals surface area (Å²) in [5, 5.41) is 0. The van der Waals surface area contributed by atoms with E-state index in [9.17, 15) is 4.79 Å². The Morgan fingerprint density at radius 2 is 2.36 bits per heavy atom. The van der Waals surface area contributed by atoms with Crippen LogP contribution in [0.1, 0.15) is 6.42 Å². The van der Waals surface area contributed by atoms with Crippen LogP contribution in [0.25, 0.3) is 0 Å². The molecule has 0 bridgehead atoms. The second-order valence-electron chi connectivity index (χ2n) is 3.12. The maximum absolute atomic E-state index is 11.6. The molecule has 1 aliphatic heterocycles. The van der Waals surface area contributed by atoms with Gasteiger partial charge in [0, 0.05) is 12.7 Å². The lowest BCUT2D eigenvalue weighted by atomic mass is 10.3. The first kappa shape index (κ1) is 9.15. The summed E-state index contributed by atoms with van der Waals surface area (Å²) in [4.78, 5) is 17.3. The summed E-state index contributed by atoms with van der Waals surface area (Å²) in [6.45, 7) is 1.74. The Kier molecular flexibility index (Phi) is 2.74. The first-order chi connectivity index (χ1) is 6.88. The van der Waals surface area contributed by atoms with Gasteiger partial charge in [-0.2, -0.15) is 0 Å². The summed E-state index contributed by atoms with van der Waals surface area (Å²) >= 11 is 0. The molecule has 0 unspecified atom stereocenters. The zero-order chi connectivity index (χ0) is 9.80. The molecule has 1 amide bonds. The predicted octanol–water partition coefficient (Wildman–Crippen LogP) is 0.835. The minimum Gasteiger partial charge on any atom is -0.379 e. The van der Waals surface area contributed by atoms with Crippen LogP contribution in [0.2, 0.25) is 0 Å². The third kappa shape index (κ3) is 1.90. The highest BCUT2D eigenvalue weighted by Crippen LogP contribution is 2.14. The Hall–Kier alpha value is -1.42. The van der Waals surface area contributed by atoms with Crippen molar-refractivity contribution in [3.8, 4) is 0 Å². The minimum absolute atomic E-state index is 0.107. The third-order valence-electron chi connectivity index (χ3n) is 2.18. The summed E-state index contributed by atoms with van der Waals surface area (Å²) in [6.07, 6.45) is 3.85. The molecule has 14 heavy (non-hydrogen) atoms. The minimum atomic E-state index is 0.107. The molecule has 0 atom stereocenters. The van der Waals surface area contributed by atoms with Crippen molar-refractivity contribution in [2.24, 2.45) is 0 Å². The molecular formula is C10H12N2O2. The maximum atomic E-state index is 11.6. The van der Waals surface area contributed by atoms with Crippen molar-refractivity contribution in [2.45, 2.75) is 6.42 Å². The molecule has 0 aliphatic carbocycles. The molecule has 74 valence electrons. The molecule has 1 aliphatic rings. The molecule has 4 nitrogen and oxygen atoms in total. The fourth-order valence-corrected chi connectivity index (χ4v) is 1.46. The largest absolute Gasteiger partial charge is 0.379 e. The van der Waals surface area contributed by atoms with Gasteiger partial charge in [0.1, 0.15) is 0 Å². The van der Waals surface area contributed by atoms with Gasteiger partial charge in [-0.25, -0.2) is 0 Å². The fraction of sp³-hybridized carbons (Fsp3) is 0.400. The van der Waals surface area contributed by atoms with Crippen LogP contribution in [0.3, 0.4) is 0 Å². The van der Waals surface area contributed by atoms with Crippen molar-refractivity contribution in [3.63, 3.8) is 0 Å². The highest BCUT2D eigenvalue weighted by Gasteiger charge is 2.18. The Bertz CT molecular complexity index is 313. The van der Waals surface area contributed by atoms with Crippen molar-refractivity contribution >= 4 is 11.6 Å². The van der Waals surface area contributed by atoms with Crippen LogP contribution < -0.4 is 4.90 Å². The molecule has 1 aromatic heterocycles. The average molecular weight is 192 g/mol. The van der Waals surface area contributed by atoms with Crippen LogP contribution in [0.5, 0.6) is 0 Å². The normalized spacial score (nSPS) is 18.0. The zero-order valence-corrected chi connectivity index (χ0v) is 7.85. The van der Waals surface area contributed by atoms with Crippen LogP contribution in [-0.2, 0) is 9.53 Å². The molecule has 0 saturated carbocycles. The van der Waals surface area contributed by atoms with E-state index in [0.29, 0.717) is 26.2 Å². The number of nitrogens with zero attached hydrogens (tertiary/aromatic N) is 2. The number of carbonyl (C=O) groups excluding carboxylic acids is 1. The van der Waals surface area contributed by atoms with E-state index in [4.69, 9.17) is 4.74 Å². The van der Waals surface area contributed by atoms with Gasteiger partial charge in [-0.3, -0.25) is 9.78 Å². The van der Waals surface area contributed by atoms with E-state index in [1.54, 1.807) is 17.3 Å². The lowest BCUT2D eigenvalue weighted by Crippen LogP contribution is -2.31. The summed E-state index contributed by atoms with van der Waals surface area (Å²) in [5.41, 5.74) is 0.850. The van der Waals surface area contributed by atoms with Crippen molar-refractivity contribution in [1.82, 2.24) is 4.98 Å².